The van der Waals surface area contributed by atoms with Crippen LogP contribution in [0.5, 0.6) is 0 Å². The van der Waals surface area contributed by atoms with Crippen molar-refractivity contribution < 1.29 is 9.59 Å². The summed E-state index contributed by atoms with van der Waals surface area (Å²) in [7, 11) is 0. The molecule has 0 bridgehead atoms. The van der Waals surface area contributed by atoms with E-state index in [0.29, 0.717) is 11.6 Å². The van der Waals surface area contributed by atoms with Crippen molar-refractivity contribution in [1.82, 2.24) is 10.3 Å². The van der Waals surface area contributed by atoms with Crippen LogP contribution < -0.4 is 10.6 Å². The average molecular weight is 265 g/mol. The minimum atomic E-state index is -0.484. The van der Waals surface area contributed by atoms with Gasteiger partial charge in [0, 0.05) is 11.9 Å². The van der Waals surface area contributed by atoms with Gasteiger partial charge in [-0.3, -0.25) is 9.59 Å². The zero-order chi connectivity index (χ0) is 13.1. The Morgan fingerprint density at radius 3 is 2.94 bits per heavy atom. The lowest BCUT2D eigenvalue weighted by atomic mass is 10.2. The number of aromatic nitrogens is 1. The van der Waals surface area contributed by atoms with Crippen LogP contribution in [0.25, 0.3) is 0 Å². The van der Waals surface area contributed by atoms with E-state index < -0.39 is 6.04 Å². The minimum absolute atomic E-state index is 0.0912. The average Bonchev–Trinajstić information content (AvgIpc) is 2.35. The number of thioether (sulfide) groups is 1. The molecule has 1 aromatic rings. The Labute approximate surface area is 110 Å². The van der Waals surface area contributed by atoms with Crippen LogP contribution >= 0.6 is 11.8 Å². The van der Waals surface area contributed by atoms with E-state index in [0.717, 1.165) is 5.56 Å². The van der Waals surface area contributed by atoms with Crippen molar-refractivity contribution in [2.24, 2.45) is 0 Å². The van der Waals surface area contributed by atoms with E-state index in [4.69, 9.17) is 0 Å². The van der Waals surface area contributed by atoms with Gasteiger partial charge in [-0.2, -0.15) is 0 Å². The summed E-state index contributed by atoms with van der Waals surface area (Å²) in [6, 6.07) is 3.13. The number of nitrogens with one attached hydrogen (secondary N) is 2. The van der Waals surface area contributed by atoms with Crippen molar-refractivity contribution >= 4 is 29.4 Å². The molecule has 2 atom stereocenters. The SMILES string of the molecule is Cc1ccc(NC(=O)[C@@H]2CS[C@@H](C)C(=O)N2)nc1. The lowest BCUT2D eigenvalue weighted by Crippen LogP contribution is -2.51. The van der Waals surface area contributed by atoms with Gasteiger partial charge >= 0.3 is 0 Å². The first kappa shape index (κ1) is 12.9. The molecule has 6 heteroatoms. The number of carbonyl (C=O) groups excluding carboxylic acids is 2. The molecule has 2 heterocycles. The van der Waals surface area contributed by atoms with Crippen molar-refractivity contribution in [3.8, 4) is 0 Å². The van der Waals surface area contributed by atoms with E-state index in [1.54, 1.807) is 12.3 Å². The van der Waals surface area contributed by atoms with E-state index >= 15 is 0 Å². The van der Waals surface area contributed by atoms with Crippen molar-refractivity contribution in [2.75, 3.05) is 11.1 Å². The monoisotopic (exact) mass is 265 g/mol. The van der Waals surface area contributed by atoms with Gasteiger partial charge < -0.3 is 10.6 Å². The van der Waals surface area contributed by atoms with Crippen LogP contribution in [0.3, 0.4) is 0 Å². The van der Waals surface area contributed by atoms with E-state index in [1.165, 1.54) is 11.8 Å². The third-order valence-corrected chi connectivity index (χ3v) is 3.92. The molecule has 18 heavy (non-hydrogen) atoms. The molecular weight excluding hydrogens is 250 g/mol. The van der Waals surface area contributed by atoms with Crippen LogP contribution in [0, 0.1) is 6.92 Å². The molecule has 0 aliphatic carbocycles. The summed E-state index contributed by atoms with van der Waals surface area (Å²) in [4.78, 5) is 27.5. The number of hydrogen-bond donors (Lipinski definition) is 2. The smallest absolute Gasteiger partial charge is 0.248 e. The summed E-state index contributed by atoms with van der Waals surface area (Å²) >= 11 is 1.48. The van der Waals surface area contributed by atoms with Crippen molar-refractivity contribution in [3.05, 3.63) is 23.9 Å². The maximum atomic E-state index is 11.9. The highest BCUT2D eigenvalue weighted by molar-refractivity contribution is 8.00. The quantitative estimate of drug-likeness (QED) is 0.835. The molecule has 0 unspecified atom stereocenters. The number of rotatable bonds is 2. The van der Waals surface area contributed by atoms with Crippen molar-refractivity contribution in [3.63, 3.8) is 0 Å². The molecule has 1 saturated heterocycles. The molecule has 2 amide bonds. The maximum absolute atomic E-state index is 11.9. The summed E-state index contributed by atoms with van der Waals surface area (Å²) < 4.78 is 0. The summed E-state index contributed by atoms with van der Waals surface area (Å²) in [6.45, 7) is 3.76. The number of carbonyl (C=O) groups is 2. The van der Waals surface area contributed by atoms with Gasteiger partial charge in [-0.1, -0.05) is 6.07 Å². The number of hydrogen-bond acceptors (Lipinski definition) is 4. The van der Waals surface area contributed by atoms with Crippen LogP contribution in [0.4, 0.5) is 5.82 Å². The Hall–Kier alpha value is -1.56. The second-order valence-corrected chi connectivity index (χ2v) is 5.62. The molecular formula is C12H15N3O2S. The number of pyridine rings is 1. The zero-order valence-corrected chi connectivity index (χ0v) is 11.1. The van der Waals surface area contributed by atoms with Crippen LogP contribution in [-0.4, -0.2) is 33.8 Å². The Bertz CT molecular complexity index is 461. The van der Waals surface area contributed by atoms with Gasteiger partial charge in [0.15, 0.2) is 0 Å². The molecule has 1 aliphatic rings. The second-order valence-electron chi connectivity index (χ2n) is 4.25. The van der Waals surface area contributed by atoms with E-state index in [9.17, 15) is 9.59 Å². The van der Waals surface area contributed by atoms with Gasteiger partial charge in [0.05, 0.1) is 5.25 Å². The molecule has 2 rings (SSSR count). The minimum Gasteiger partial charge on any atom is -0.343 e. The van der Waals surface area contributed by atoms with Gasteiger partial charge in [-0.05, 0) is 25.5 Å². The predicted molar refractivity (Wildman–Crippen MR) is 71.5 cm³/mol. The van der Waals surface area contributed by atoms with Gasteiger partial charge in [-0.15, -0.1) is 11.8 Å². The lowest BCUT2D eigenvalue weighted by Gasteiger charge is -2.25. The van der Waals surface area contributed by atoms with Crippen molar-refractivity contribution in [1.29, 1.82) is 0 Å². The molecule has 0 spiro atoms. The highest BCUT2D eigenvalue weighted by atomic mass is 32.2. The number of anilines is 1. The van der Waals surface area contributed by atoms with Gasteiger partial charge in [0.2, 0.25) is 11.8 Å². The van der Waals surface area contributed by atoms with E-state index in [-0.39, 0.29) is 17.1 Å². The first-order chi connectivity index (χ1) is 8.56. The molecule has 0 aromatic carbocycles. The zero-order valence-electron chi connectivity index (χ0n) is 10.3. The number of nitrogens with zero attached hydrogens (tertiary/aromatic N) is 1. The van der Waals surface area contributed by atoms with Crippen molar-refractivity contribution in [2.45, 2.75) is 25.1 Å². The topological polar surface area (TPSA) is 71.1 Å². The molecule has 2 N–H and O–H groups in total. The van der Waals surface area contributed by atoms with Gasteiger partial charge in [0.25, 0.3) is 0 Å². The summed E-state index contributed by atoms with van der Waals surface area (Å²) in [6.07, 6.45) is 1.69. The third-order valence-electron chi connectivity index (χ3n) is 2.68. The van der Waals surface area contributed by atoms with Gasteiger partial charge in [0.1, 0.15) is 11.9 Å². The number of aryl methyl sites for hydroxylation is 1. The van der Waals surface area contributed by atoms with Crippen LogP contribution in [-0.2, 0) is 9.59 Å². The fraction of sp³-hybridized carbons (Fsp3) is 0.417. The fourth-order valence-corrected chi connectivity index (χ4v) is 2.48. The largest absolute Gasteiger partial charge is 0.343 e. The van der Waals surface area contributed by atoms with E-state index in [1.807, 2.05) is 19.9 Å². The Morgan fingerprint density at radius 2 is 2.33 bits per heavy atom. The Kier molecular flexibility index (Phi) is 3.86. The second kappa shape index (κ2) is 5.39. The van der Waals surface area contributed by atoms with Gasteiger partial charge in [-0.25, -0.2) is 4.98 Å². The van der Waals surface area contributed by atoms with Crippen LogP contribution in [0.15, 0.2) is 18.3 Å². The standard InChI is InChI=1S/C12H15N3O2S/c1-7-3-4-10(13-5-7)15-12(17)9-6-18-8(2)11(16)14-9/h3-5,8-9H,6H2,1-2H3,(H,14,16)(H,13,15,17)/t8-,9-/m0/s1. The highest BCUT2D eigenvalue weighted by Crippen LogP contribution is 2.18. The first-order valence-corrected chi connectivity index (χ1v) is 6.76. The van der Waals surface area contributed by atoms with Crippen LogP contribution in [0.1, 0.15) is 12.5 Å². The van der Waals surface area contributed by atoms with E-state index in [2.05, 4.69) is 15.6 Å². The molecule has 96 valence electrons. The maximum Gasteiger partial charge on any atom is 0.248 e. The third kappa shape index (κ3) is 3.01. The highest BCUT2D eigenvalue weighted by Gasteiger charge is 2.29. The fourth-order valence-electron chi connectivity index (χ4n) is 1.54. The molecule has 0 radical (unpaired) electrons. The summed E-state index contributed by atoms with van der Waals surface area (Å²) in [5.41, 5.74) is 1.03. The normalized spacial score (nSPS) is 23.3. The molecule has 1 fully saturated rings. The van der Waals surface area contributed by atoms with Crippen LogP contribution in [0.2, 0.25) is 0 Å². The molecule has 0 saturated carbocycles. The lowest BCUT2D eigenvalue weighted by molar-refractivity contribution is -0.125. The Balaban J connectivity index is 1.96. The first-order valence-electron chi connectivity index (χ1n) is 5.72. The molecule has 1 aliphatic heterocycles. The molecule has 5 nitrogen and oxygen atoms in total. The Morgan fingerprint density at radius 1 is 1.56 bits per heavy atom. The summed E-state index contributed by atoms with van der Waals surface area (Å²) in [5, 5.41) is 5.30. The predicted octanol–water partition coefficient (Wildman–Crippen LogP) is 0.949. The molecule has 1 aromatic heterocycles. The summed E-state index contributed by atoms with van der Waals surface area (Å²) in [5.74, 6) is 0.774. The number of amides is 2.